The van der Waals surface area contributed by atoms with Crippen molar-refractivity contribution in [1.82, 2.24) is 13.3 Å². The lowest BCUT2D eigenvalue weighted by Gasteiger charge is -2.19. The highest BCUT2D eigenvalue weighted by Crippen LogP contribution is 2.08. The molecule has 0 saturated heterocycles. The van der Waals surface area contributed by atoms with E-state index in [-0.39, 0.29) is 19.6 Å². The number of rotatable bonds is 8. The fourth-order valence-corrected chi connectivity index (χ4v) is 2.76. The van der Waals surface area contributed by atoms with Gasteiger partial charge in [0.05, 0.1) is 19.1 Å². The standard InChI is InChI=1S/C10H19N3O5S2/c1-12(2)20(16,17)11-6-7-13(19(3,14)15)9-10-5-4-8-18-10/h4-5,8,11H,6-7,9H2,1-3H3. The normalized spacial score (nSPS) is 13.2. The van der Waals surface area contributed by atoms with E-state index < -0.39 is 20.2 Å². The molecule has 0 unspecified atom stereocenters. The van der Waals surface area contributed by atoms with Gasteiger partial charge in [-0.15, -0.1) is 0 Å². The topological polar surface area (TPSA) is 99.9 Å². The zero-order valence-electron chi connectivity index (χ0n) is 11.6. The summed E-state index contributed by atoms with van der Waals surface area (Å²) in [6.07, 6.45) is 2.51. The van der Waals surface area contributed by atoms with Gasteiger partial charge >= 0.3 is 0 Å². The molecule has 0 aliphatic heterocycles. The first-order valence-corrected chi connectivity index (χ1v) is 9.06. The third kappa shape index (κ3) is 5.21. The fourth-order valence-electron chi connectivity index (χ4n) is 1.37. The van der Waals surface area contributed by atoms with Crippen LogP contribution in [0.4, 0.5) is 0 Å². The Morgan fingerprint density at radius 3 is 2.35 bits per heavy atom. The maximum Gasteiger partial charge on any atom is 0.278 e. The van der Waals surface area contributed by atoms with Crippen LogP contribution in [0.5, 0.6) is 0 Å². The third-order valence-electron chi connectivity index (χ3n) is 2.51. The van der Waals surface area contributed by atoms with Gasteiger partial charge < -0.3 is 4.42 Å². The van der Waals surface area contributed by atoms with Gasteiger partial charge in [0, 0.05) is 27.2 Å². The van der Waals surface area contributed by atoms with Gasteiger partial charge in [0.1, 0.15) is 5.76 Å². The van der Waals surface area contributed by atoms with Crippen LogP contribution in [0.15, 0.2) is 22.8 Å². The highest BCUT2D eigenvalue weighted by atomic mass is 32.2. The Morgan fingerprint density at radius 2 is 1.90 bits per heavy atom. The first-order chi connectivity index (χ1) is 9.13. The van der Waals surface area contributed by atoms with E-state index in [1.165, 1.54) is 20.4 Å². The molecule has 0 bridgehead atoms. The zero-order chi connectivity index (χ0) is 15.4. The Bertz CT molecular complexity index is 607. The van der Waals surface area contributed by atoms with Crippen molar-refractivity contribution in [3.63, 3.8) is 0 Å². The molecule has 0 atom stereocenters. The second-order valence-electron chi connectivity index (χ2n) is 4.36. The highest BCUT2D eigenvalue weighted by molar-refractivity contribution is 7.88. The summed E-state index contributed by atoms with van der Waals surface area (Å²) in [5, 5.41) is 0. The quantitative estimate of drug-likeness (QED) is 0.690. The molecule has 10 heteroatoms. The molecule has 1 N–H and O–H groups in total. The Kier molecular flexibility index (Phi) is 5.71. The lowest BCUT2D eigenvalue weighted by Crippen LogP contribution is -2.41. The number of nitrogens with one attached hydrogen (secondary N) is 1. The van der Waals surface area contributed by atoms with E-state index in [1.54, 1.807) is 12.1 Å². The Labute approximate surface area is 119 Å². The maximum atomic E-state index is 11.6. The molecular weight excluding hydrogens is 306 g/mol. The van der Waals surface area contributed by atoms with Gasteiger partial charge in [0.25, 0.3) is 10.2 Å². The second-order valence-corrected chi connectivity index (χ2v) is 8.31. The van der Waals surface area contributed by atoms with Crippen molar-refractivity contribution < 1.29 is 21.3 Å². The van der Waals surface area contributed by atoms with Crippen LogP contribution in [0.3, 0.4) is 0 Å². The molecular formula is C10H19N3O5S2. The van der Waals surface area contributed by atoms with Crippen LogP contribution in [0.2, 0.25) is 0 Å². The SMILES string of the molecule is CN(C)S(=O)(=O)NCCN(Cc1ccco1)S(C)(=O)=O. The molecule has 20 heavy (non-hydrogen) atoms. The molecule has 1 aromatic rings. The summed E-state index contributed by atoms with van der Waals surface area (Å²) in [6.45, 7) is 0.0659. The lowest BCUT2D eigenvalue weighted by atomic mass is 10.4. The molecule has 1 rings (SSSR count). The van der Waals surface area contributed by atoms with Gasteiger partial charge in [-0.2, -0.15) is 17.0 Å². The number of sulfonamides is 1. The summed E-state index contributed by atoms with van der Waals surface area (Å²) < 4.78 is 55.9. The third-order valence-corrected chi connectivity index (χ3v) is 5.29. The maximum absolute atomic E-state index is 11.6. The Hall–Kier alpha value is -0.940. The second kappa shape index (κ2) is 6.68. The summed E-state index contributed by atoms with van der Waals surface area (Å²) in [7, 11) is -4.24. The van der Waals surface area contributed by atoms with E-state index in [0.29, 0.717) is 5.76 Å². The van der Waals surface area contributed by atoms with Crippen molar-refractivity contribution in [1.29, 1.82) is 0 Å². The summed E-state index contributed by atoms with van der Waals surface area (Å²) in [6, 6.07) is 3.31. The predicted octanol–water partition coefficient (Wildman–Crippen LogP) is -0.563. The first kappa shape index (κ1) is 17.1. The van der Waals surface area contributed by atoms with E-state index in [0.717, 1.165) is 14.9 Å². The van der Waals surface area contributed by atoms with Crippen molar-refractivity contribution >= 4 is 20.2 Å². The number of hydrogen-bond donors (Lipinski definition) is 1. The molecule has 0 fully saturated rings. The van der Waals surface area contributed by atoms with Crippen LogP contribution in [-0.4, -0.2) is 58.9 Å². The van der Waals surface area contributed by atoms with Crippen LogP contribution >= 0.6 is 0 Å². The van der Waals surface area contributed by atoms with E-state index in [1.807, 2.05) is 0 Å². The first-order valence-electron chi connectivity index (χ1n) is 5.77. The molecule has 0 spiro atoms. The largest absolute Gasteiger partial charge is 0.468 e. The zero-order valence-corrected chi connectivity index (χ0v) is 13.2. The Balaban J connectivity index is 2.64. The van der Waals surface area contributed by atoms with Gasteiger partial charge in [-0.25, -0.2) is 13.1 Å². The molecule has 116 valence electrons. The van der Waals surface area contributed by atoms with Gasteiger partial charge in [-0.05, 0) is 12.1 Å². The van der Waals surface area contributed by atoms with Gasteiger partial charge in [0.15, 0.2) is 0 Å². The van der Waals surface area contributed by atoms with Crippen LogP contribution in [0.1, 0.15) is 5.76 Å². The van der Waals surface area contributed by atoms with Crippen LogP contribution in [0.25, 0.3) is 0 Å². The molecule has 0 saturated carbocycles. The molecule has 0 aliphatic rings. The van der Waals surface area contributed by atoms with E-state index >= 15 is 0 Å². The number of nitrogens with zero attached hydrogens (tertiary/aromatic N) is 2. The van der Waals surface area contributed by atoms with Gasteiger partial charge in [0.2, 0.25) is 10.0 Å². The fraction of sp³-hybridized carbons (Fsp3) is 0.600. The van der Waals surface area contributed by atoms with E-state index in [9.17, 15) is 16.8 Å². The molecule has 8 nitrogen and oxygen atoms in total. The summed E-state index contributed by atoms with van der Waals surface area (Å²) >= 11 is 0. The summed E-state index contributed by atoms with van der Waals surface area (Å²) in [5.74, 6) is 0.492. The van der Waals surface area contributed by atoms with Gasteiger partial charge in [-0.1, -0.05) is 0 Å². The molecule has 1 aromatic heterocycles. The number of hydrogen-bond acceptors (Lipinski definition) is 5. The average molecular weight is 325 g/mol. The predicted molar refractivity (Wildman–Crippen MR) is 74.6 cm³/mol. The molecule has 0 amide bonds. The smallest absolute Gasteiger partial charge is 0.278 e. The van der Waals surface area contributed by atoms with Crippen LogP contribution in [-0.2, 0) is 26.8 Å². The summed E-state index contributed by atoms with van der Waals surface area (Å²) in [5.41, 5.74) is 0. The minimum atomic E-state index is -3.56. The van der Waals surface area contributed by atoms with E-state index in [4.69, 9.17) is 4.42 Å². The highest BCUT2D eigenvalue weighted by Gasteiger charge is 2.19. The lowest BCUT2D eigenvalue weighted by molar-refractivity contribution is 0.367. The van der Waals surface area contributed by atoms with E-state index in [2.05, 4.69) is 4.72 Å². The van der Waals surface area contributed by atoms with Gasteiger partial charge in [-0.3, -0.25) is 0 Å². The van der Waals surface area contributed by atoms with Crippen molar-refractivity contribution in [3.05, 3.63) is 24.2 Å². The minimum Gasteiger partial charge on any atom is -0.468 e. The van der Waals surface area contributed by atoms with Crippen molar-refractivity contribution in [2.24, 2.45) is 0 Å². The van der Waals surface area contributed by atoms with Crippen molar-refractivity contribution in [3.8, 4) is 0 Å². The number of furan rings is 1. The summed E-state index contributed by atoms with van der Waals surface area (Å²) in [4.78, 5) is 0. The monoisotopic (exact) mass is 325 g/mol. The van der Waals surface area contributed by atoms with Crippen molar-refractivity contribution in [2.45, 2.75) is 6.54 Å². The van der Waals surface area contributed by atoms with Crippen molar-refractivity contribution in [2.75, 3.05) is 33.4 Å². The molecule has 1 heterocycles. The minimum absolute atomic E-state index is 0.0196. The molecule has 0 aliphatic carbocycles. The molecule has 0 aromatic carbocycles. The average Bonchev–Trinajstić information content (AvgIpc) is 2.78. The van der Waals surface area contributed by atoms with Crippen LogP contribution in [0, 0.1) is 0 Å². The Morgan fingerprint density at radius 1 is 1.25 bits per heavy atom. The van der Waals surface area contributed by atoms with Crippen LogP contribution < -0.4 is 4.72 Å². The molecule has 0 radical (unpaired) electrons.